The second-order valence-electron chi connectivity index (χ2n) is 13.0. The average Bonchev–Trinajstić information content (AvgIpc) is 2.72. The van der Waals surface area contributed by atoms with Gasteiger partial charge in [-0.2, -0.15) is 0 Å². The number of ketones is 1. The Morgan fingerprint density at radius 2 is 1.31 bits per heavy atom. The lowest BCUT2D eigenvalue weighted by molar-refractivity contribution is -0.124. The molecule has 0 aliphatic heterocycles. The summed E-state index contributed by atoms with van der Waals surface area (Å²) in [5.74, 6) is -0.193. The van der Waals surface area contributed by atoms with Gasteiger partial charge in [0.25, 0.3) is 0 Å². The van der Waals surface area contributed by atoms with Crippen molar-refractivity contribution in [1.29, 1.82) is 0 Å². The van der Waals surface area contributed by atoms with Crippen molar-refractivity contribution in [2.45, 2.75) is 168 Å². The largest absolute Gasteiger partial charge is 0.465 e. The maximum Gasteiger partial charge on any atom is 0.408 e. The second-order valence-corrected chi connectivity index (χ2v) is 17.7. The highest BCUT2D eigenvalue weighted by atomic mass is 28.4. The van der Waals surface area contributed by atoms with Gasteiger partial charge in [0.2, 0.25) is 0 Å². The lowest BCUT2D eigenvalue weighted by atomic mass is 9.97. The lowest BCUT2D eigenvalue weighted by Gasteiger charge is -2.45. The smallest absolute Gasteiger partial charge is 0.408 e. The maximum absolute atomic E-state index is 13.4. The Hall–Kier alpha value is -1.14. The monoisotopic (exact) mass is 525 g/mol. The number of unbranched alkanes of at least 4 members (excludes halogenated alkanes) is 11. The molecule has 36 heavy (non-hydrogen) atoms. The van der Waals surface area contributed by atoms with E-state index in [-0.39, 0.29) is 10.8 Å². The van der Waals surface area contributed by atoms with E-state index in [1.807, 2.05) is 33.8 Å². The van der Waals surface area contributed by atoms with Crippen LogP contribution in [0, 0.1) is 0 Å². The third-order valence-electron chi connectivity index (χ3n) is 7.49. The molecule has 5 nitrogen and oxygen atoms in total. The van der Waals surface area contributed by atoms with E-state index in [9.17, 15) is 14.7 Å². The number of carboxylic acid groups (broad SMARTS) is 1. The Morgan fingerprint density at radius 1 is 0.861 bits per heavy atom. The molecule has 0 heterocycles. The third kappa shape index (κ3) is 13.4. The average molecular weight is 526 g/mol. The van der Waals surface area contributed by atoms with E-state index < -0.39 is 32.1 Å². The summed E-state index contributed by atoms with van der Waals surface area (Å²) in [5.41, 5.74) is -0.721. The fourth-order valence-corrected chi connectivity index (χ4v) is 5.73. The van der Waals surface area contributed by atoms with Gasteiger partial charge in [-0.05, 0) is 64.7 Å². The predicted molar refractivity (Wildman–Crippen MR) is 156 cm³/mol. The van der Waals surface area contributed by atoms with E-state index in [2.05, 4.69) is 40.8 Å². The zero-order chi connectivity index (χ0) is 28.0. The number of carbonyl (C=O) groups excluding carboxylic acids is 1. The Bertz CT molecular complexity index is 661. The van der Waals surface area contributed by atoms with Crippen molar-refractivity contribution in [1.82, 2.24) is 4.90 Å². The zero-order valence-electron chi connectivity index (χ0n) is 25.4. The molecule has 0 bridgehead atoms. The number of nitrogens with zero attached hydrogens (tertiary/aromatic N) is 1. The molecule has 1 amide bonds. The summed E-state index contributed by atoms with van der Waals surface area (Å²) >= 11 is 0. The summed E-state index contributed by atoms with van der Waals surface area (Å²) in [6, 6.07) is -0.870. The van der Waals surface area contributed by atoms with Gasteiger partial charge in [-0.3, -0.25) is 9.69 Å². The van der Waals surface area contributed by atoms with Crippen molar-refractivity contribution in [3.63, 3.8) is 0 Å². The van der Waals surface area contributed by atoms with Gasteiger partial charge < -0.3 is 9.53 Å². The number of allylic oxidation sites excluding steroid dienone is 1. The molecular weight excluding hydrogens is 466 g/mol. The number of amides is 1. The van der Waals surface area contributed by atoms with Gasteiger partial charge in [0, 0.05) is 5.54 Å². The van der Waals surface area contributed by atoms with Crippen LogP contribution in [0.15, 0.2) is 12.2 Å². The van der Waals surface area contributed by atoms with E-state index in [0.29, 0.717) is 0 Å². The summed E-state index contributed by atoms with van der Waals surface area (Å²) < 4.78 is 6.51. The minimum absolute atomic E-state index is 0.0322. The molecule has 0 fully saturated rings. The second kappa shape index (κ2) is 16.6. The first-order chi connectivity index (χ1) is 16.6. The Balaban J connectivity index is 4.93. The molecule has 0 unspecified atom stereocenters. The van der Waals surface area contributed by atoms with Gasteiger partial charge in [0.1, 0.15) is 6.04 Å². The van der Waals surface area contributed by atoms with E-state index in [1.165, 1.54) is 69.1 Å². The van der Waals surface area contributed by atoms with Crippen LogP contribution in [-0.4, -0.2) is 47.9 Å². The first-order valence-corrected chi connectivity index (χ1v) is 17.4. The Morgan fingerprint density at radius 3 is 1.69 bits per heavy atom. The van der Waals surface area contributed by atoms with Gasteiger partial charge in [0.15, 0.2) is 14.1 Å². The summed E-state index contributed by atoms with van der Waals surface area (Å²) in [6.45, 7) is 20.3. The van der Waals surface area contributed by atoms with Crippen LogP contribution in [0.5, 0.6) is 0 Å². The van der Waals surface area contributed by atoms with E-state index >= 15 is 0 Å². The van der Waals surface area contributed by atoms with Crippen LogP contribution in [0.25, 0.3) is 0 Å². The van der Waals surface area contributed by atoms with Crippen LogP contribution in [0.1, 0.15) is 132 Å². The minimum Gasteiger partial charge on any atom is -0.465 e. The molecule has 212 valence electrons. The predicted octanol–water partition coefficient (Wildman–Crippen LogP) is 9.37. The quantitative estimate of drug-likeness (QED) is 0.110. The van der Waals surface area contributed by atoms with Gasteiger partial charge >= 0.3 is 6.09 Å². The van der Waals surface area contributed by atoms with Crippen LogP contribution >= 0.6 is 0 Å². The lowest BCUT2D eigenvalue weighted by Crippen LogP contribution is -2.60. The van der Waals surface area contributed by atoms with E-state index in [1.54, 1.807) is 6.08 Å². The minimum atomic E-state index is -2.18. The molecule has 6 heteroatoms. The van der Waals surface area contributed by atoms with Crippen molar-refractivity contribution in [3.05, 3.63) is 12.2 Å². The SMILES string of the molecule is CCCCCCCCCCCCC/C=C/C(=O)[C@H]([C@H](C)O[Si](C)(C)C(C)(C)C)N(C(=O)O)C(C)(C)C. The van der Waals surface area contributed by atoms with Crippen molar-refractivity contribution < 1.29 is 19.1 Å². The molecule has 0 aliphatic rings. The highest BCUT2D eigenvalue weighted by Crippen LogP contribution is 2.38. The van der Waals surface area contributed by atoms with Crippen LogP contribution in [0.4, 0.5) is 4.79 Å². The maximum atomic E-state index is 13.4. The molecule has 2 atom stereocenters. The van der Waals surface area contributed by atoms with Gasteiger partial charge in [0.05, 0.1) is 6.10 Å². The van der Waals surface area contributed by atoms with E-state index in [4.69, 9.17) is 4.43 Å². The number of hydrogen-bond donors (Lipinski definition) is 1. The molecular formula is C30H59NO4Si. The van der Waals surface area contributed by atoms with Crippen molar-refractivity contribution in [3.8, 4) is 0 Å². The van der Waals surface area contributed by atoms with Crippen LogP contribution in [0.2, 0.25) is 18.1 Å². The molecule has 0 spiro atoms. The first kappa shape index (κ1) is 34.9. The standard InChI is InChI=1S/C30H59NO4Si/c1-11-12-13-14-15-16-17-18-19-20-21-22-23-24-26(32)27(31(28(33)34)29(3,4)5)25(2)35-36(9,10)30(6,7)8/h23-25,27H,11-22H2,1-10H3,(H,33,34)/b24-23+/t25-,27-/m0/s1. The van der Waals surface area contributed by atoms with Crippen molar-refractivity contribution in [2.75, 3.05) is 0 Å². The molecule has 0 aromatic heterocycles. The van der Waals surface area contributed by atoms with Crippen LogP contribution < -0.4 is 0 Å². The van der Waals surface area contributed by atoms with Crippen molar-refractivity contribution >= 4 is 20.2 Å². The molecule has 0 saturated heterocycles. The molecule has 0 rings (SSSR count). The Kier molecular flexibility index (Phi) is 16.1. The normalized spacial score (nSPS) is 14.7. The van der Waals surface area contributed by atoms with Crippen molar-refractivity contribution in [2.24, 2.45) is 0 Å². The molecule has 0 radical (unpaired) electrons. The molecule has 0 aromatic carbocycles. The number of rotatable bonds is 18. The van der Waals surface area contributed by atoms with Gasteiger partial charge in [-0.25, -0.2) is 4.79 Å². The fraction of sp³-hybridized carbons (Fsp3) is 0.867. The highest BCUT2D eigenvalue weighted by molar-refractivity contribution is 6.74. The number of carbonyl (C=O) groups is 2. The first-order valence-electron chi connectivity index (χ1n) is 14.5. The Labute approximate surface area is 224 Å². The van der Waals surface area contributed by atoms with E-state index in [0.717, 1.165) is 12.8 Å². The summed E-state index contributed by atoms with van der Waals surface area (Å²) in [5, 5.41) is 9.99. The summed E-state index contributed by atoms with van der Waals surface area (Å²) in [6.07, 6.45) is 17.0. The van der Waals surface area contributed by atoms with Gasteiger partial charge in [-0.1, -0.05) is 98.0 Å². The molecule has 0 saturated carbocycles. The molecule has 1 N–H and O–H groups in total. The highest BCUT2D eigenvalue weighted by Gasteiger charge is 2.45. The number of hydrogen-bond acceptors (Lipinski definition) is 3. The van der Waals surface area contributed by atoms with Crippen LogP contribution in [0.3, 0.4) is 0 Å². The topological polar surface area (TPSA) is 66.8 Å². The summed E-state index contributed by atoms with van der Waals surface area (Å²) in [7, 11) is -2.18. The third-order valence-corrected chi connectivity index (χ3v) is 12.1. The van der Waals surface area contributed by atoms with Gasteiger partial charge in [-0.15, -0.1) is 0 Å². The van der Waals surface area contributed by atoms with Crippen LogP contribution in [-0.2, 0) is 9.22 Å². The molecule has 0 aliphatic carbocycles. The summed E-state index contributed by atoms with van der Waals surface area (Å²) in [4.78, 5) is 26.9. The zero-order valence-corrected chi connectivity index (χ0v) is 26.4. The molecule has 0 aromatic rings. The fourth-order valence-electron chi connectivity index (χ4n) is 4.32.